The summed E-state index contributed by atoms with van der Waals surface area (Å²) in [6.07, 6.45) is 6.91. The molecule has 1 aliphatic heterocycles. The van der Waals surface area contributed by atoms with E-state index in [-0.39, 0.29) is 18.6 Å². The highest BCUT2D eigenvalue weighted by atomic mass is 16.4. The van der Waals surface area contributed by atoms with E-state index in [9.17, 15) is 14.7 Å². The summed E-state index contributed by atoms with van der Waals surface area (Å²) in [6.45, 7) is 4.45. The van der Waals surface area contributed by atoms with E-state index >= 15 is 0 Å². The fourth-order valence-corrected chi connectivity index (χ4v) is 2.84. The Morgan fingerprint density at radius 3 is 2.91 bits per heavy atom. The maximum Gasteiger partial charge on any atom is 0.317 e. The second kappa shape index (κ2) is 7.44. The average molecular weight is 319 g/mol. The molecule has 2 amide bonds. The molecule has 1 fully saturated rings. The predicted molar refractivity (Wildman–Crippen MR) is 87.1 cm³/mol. The summed E-state index contributed by atoms with van der Waals surface area (Å²) < 4.78 is 0. The monoisotopic (exact) mass is 319 g/mol. The second-order valence-electron chi connectivity index (χ2n) is 6.64. The van der Waals surface area contributed by atoms with Crippen LogP contribution in [0.4, 0.5) is 4.79 Å². The molecule has 2 unspecified atom stereocenters. The van der Waals surface area contributed by atoms with Gasteiger partial charge in [-0.25, -0.2) is 4.79 Å². The van der Waals surface area contributed by atoms with Crippen LogP contribution >= 0.6 is 0 Å². The summed E-state index contributed by atoms with van der Waals surface area (Å²) in [4.78, 5) is 29.1. The molecule has 2 heterocycles. The molecule has 0 bridgehead atoms. The molecule has 0 saturated carbocycles. The third kappa shape index (κ3) is 4.68. The number of aromatic nitrogens is 1. The predicted octanol–water partition coefficient (Wildman–Crippen LogP) is 2.30. The first-order chi connectivity index (χ1) is 10.9. The van der Waals surface area contributed by atoms with Gasteiger partial charge in [0.1, 0.15) is 0 Å². The van der Waals surface area contributed by atoms with E-state index in [4.69, 9.17) is 0 Å². The molecule has 126 valence electrons. The van der Waals surface area contributed by atoms with Gasteiger partial charge in [0, 0.05) is 31.5 Å². The van der Waals surface area contributed by atoms with Gasteiger partial charge >= 0.3 is 12.0 Å². The van der Waals surface area contributed by atoms with Crippen LogP contribution in [-0.2, 0) is 11.2 Å². The Balaban J connectivity index is 1.72. The molecule has 2 N–H and O–H groups in total. The van der Waals surface area contributed by atoms with Gasteiger partial charge in [0.05, 0.1) is 5.41 Å². The second-order valence-corrected chi connectivity index (χ2v) is 6.64. The molecule has 0 aliphatic carbocycles. The van der Waals surface area contributed by atoms with Crippen molar-refractivity contribution >= 4 is 12.0 Å². The van der Waals surface area contributed by atoms with Crippen molar-refractivity contribution in [1.29, 1.82) is 0 Å². The largest absolute Gasteiger partial charge is 0.481 e. The zero-order valence-corrected chi connectivity index (χ0v) is 13.8. The number of nitrogens with one attached hydrogen (secondary N) is 1. The standard InChI is InChI=1S/C17H25N3O3/c1-13(5-3-6-14-7-4-9-18-11-14)19-16(23)20-10-8-17(2,12-20)15(21)22/h4,7,9,11,13H,3,5-6,8,10,12H2,1-2H3,(H,19,23)(H,21,22). The quantitative estimate of drug-likeness (QED) is 0.843. The number of nitrogens with zero attached hydrogens (tertiary/aromatic N) is 2. The lowest BCUT2D eigenvalue weighted by molar-refractivity contribution is -0.146. The lowest BCUT2D eigenvalue weighted by atomic mass is 9.90. The van der Waals surface area contributed by atoms with E-state index in [0.717, 1.165) is 19.3 Å². The summed E-state index contributed by atoms with van der Waals surface area (Å²) >= 11 is 0. The SMILES string of the molecule is CC(CCCc1cccnc1)NC(=O)N1CCC(C)(C(=O)O)C1. The van der Waals surface area contributed by atoms with Gasteiger partial charge in [-0.05, 0) is 51.2 Å². The van der Waals surface area contributed by atoms with E-state index in [1.165, 1.54) is 5.56 Å². The number of carboxylic acid groups (broad SMARTS) is 1. The van der Waals surface area contributed by atoms with E-state index in [2.05, 4.69) is 10.3 Å². The molecular weight excluding hydrogens is 294 g/mol. The summed E-state index contributed by atoms with van der Waals surface area (Å²) in [5.74, 6) is -0.836. The number of carbonyl (C=O) groups excluding carboxylic acids is 1. The Kier molecular flexibility index (Phi) is 5.58. The number of carbonyl (C=O) groups is 2. The Morgan fingerprint density at radius 2 is 2.30 bits per heavy atom. The lowest BCUT2D eigenvalue weighted by Crippen LogP contribution is -2.44. The van der Waals surface area contributed by atoms with Crippen LogP contribution in [0.15, 0.2) is 24.5 Å². The Bertz CT molecular complexity index is 549. The summed E-state index contributed by atoms with van der Waals surface area (Å²) in [5, 5.41) is 12.2. The molecule has 1 aromatic rings. The normalized spacial score (nSPS) is 21.9. The minimum absolute atomic E-state index is 0.0656. The minimum Gasteiger partial charge on any atom is -0.481 e. The number of rotatable bonds is 6. The van der Waals surface area contributed by atoms with Gasteiger partial charge in [0.15, 0.2) is 0 Å². The molecule has 6 nitrogen and oxygen atoms in total. The number of likely N-dealkylation sites (tertiary alicyclic amines) is 1. The number of aryl methyl sites for hydroxylation is 1. The number of amides is 2. The molecule has 1 saturated heterocycles. The van der Waals surface area contributed by atoms with Crippen molar-refractivity contribution in [2.75, 3.05) is 13.1 Å². The van der Waals surface area contributed by atoms with Crippen molar-refractivity contribution in [3.8, 4) is 0 Å². The summed E-state index contributed by atoms with van der Waals surface area (Å²) in [5.41, 5.74) is 0.378. The van der Waals surface area contributed by atoms with Crippen LogP contribution in [-0.4, -0.2) is 46.1 Å². The van der Waals surface area contributed by atoms with Gasteiger partial charge in [0.25, 0.3) is 0 Å². The van der Waals surface area contributed by atoms with E-state index in [1.54, 1.807) is 18.0 Å². The zero-order chi connectivity index (χ0) is 16.9. The number of pyridine rings is 1. The molecule has 6 heteroatoms. The van der Waals surface area contributed by atoms with Crippen molar-refractivity contribution in [3.63, 3.8) is 0 Å². The van der Waals surface area contributed by atoms with Crippen molar-refractivity contribution in [2.24, 2.45) is 5.41 Å². The fourth-order valence-electron chi connectivity index (χ4n) is 2.84. The smallest absolute Gasteiger partial charge is 0.317 e. The molecular formula is C17H25N3O3. The van der Waals surface area contributed by atoms with Crippen LogP contribution in [0.2, 0.25) is 0 Å². The average Bonchev–Trinajstić information content (AvgIpc) is 2.92. The highest BCUT2D eigenvalue weighted by Gasteiger charge is 2.42. The Morgan fingerprint density at radius 1 is 1.52 bits per heavy atom. The number of hydrogen-bond acceptors (Lipinski definition) is 3. The lowest BCUT2D eigenvalue weighted by Gasteiger charge is -2.23. The first kappa shape index (κ1) is 17.2. The van der Waals surface area contributed by atoms with Crippen molar-refractivity contribution in [2.45, 2.75) is 45.6 Å². The fraction of sp³-hybridized carbons (Fsp3) is 0.588. The minimum atomic E-state index is -0.836. The van der Waals surface area contributed by atoms with Crippen LogP contribution < -0.4 is 5.32 Å². The van der Waals surface area contributed by atoms with Gasteiger partial charge < -0.3 is 15.3 Å². The summed E-state index contributed by atoms with van der Waals surface area (Å²) in [6, 6.07) is 3.88. The number of aliphatic carboxylic acids is 1. The van der Waals surface area contributed by atoms with Crippen LogP contribution in [0.3, 0.4) is 0 Å². The molecule has 2 rings (SSSR count). The first-order valence-electron chi connectivity index (χ1n) is 8.08. The van der Waals surface area contributed by atoms with Crippen LogP contribution in [0, 0.1) is 5.41 Å². The molecule has 1 aromatic heterocycles. The van der Waals surface area contributed by atoms with Gasteiger partial charge in [-0.2, -0.15) is 0 Å². The summed E-state index contributed by atoms with van der Waals surface area (Å²) in [7, 11) is 0. The van der Waals surface area contributed by atoms with Crippen molar-refractivity contribution in [1.82, 2.24) is 15.2 Å². The maximum absolute atomic E-state index is 12.2. The van der Waals surface area contributed by atoms with E-state index in [1.807, 2.05) is 25.3 Å². The Labute approximate surface area is 136 Å². The molecule has 1 aliphatic rings. The third-order valence-corrected chi connectivity index (χ3v) is 4.47. The van der Waals surface area contributed by atoms with Crippen LogP contribution in [0.5, 0.6) is 0 Å². The zero-order valence-electron chi connectivity index (χ0n) is 13.8. The van der Waals surface area contributed by atoms with Crippen molar-refractivity contribution in [3.05, 3.63) is 30.1 Å². The first-order valence-corrected chi connectivity index (χ1v) is 8.08. The van der Waals surface area contributed by atoms with Crippen molar-refractivity contribution < 1.29 is 14.7 Å². The molecule has 0 radical (unpaired) electrons. The van der Waals surface area contributed by atoms with Gasteiger partial charge in [-0.15, -0.1) is 0 Å². The molecule has 23 heavy (non-hydrogen) atoms. The highest BCUT2D eigenvalue weighted by Crippen LogP contribution is 2.30. The van der Waals surface area contributed by atoms with Crippen LogP contribution in [0.1, 0.15) is 38.7 Å². The number of carboxylic acids is 1. The molecule has 0 aromatic carbocycles. The molecule has 0 spiro atoms. The van der Waals surface area contributed by atoms with Crippen LogP contribution in [0.25, 0.3) is 0 Å². The Hall–Kier alpha value is -2.11. The number of urea groups is 1. The third-order valence-electron chi connectivity index (χ3n) is 4.47. The van der Waals surface area contributed by atoms with Gasteiger partial charge in [0.2, 0.25) is 0 Å². The topological polar surface area (TPSA) is 82.5 Å². The van der Waals surface area contributed by atoms with E-state index in [0.29, 0.717) is 13.0 Å². The van der Waals surface area contributed by atoms with E-state index < -0.39 is 11.4 Å². The maximum atomic E-state index is 12.2. The highest BCUT2D eigenvalue weighted by molar-refractivity contribution is 5.79. The van der Waals surface area contributed by atoms with Gasteiger partial charge in [-0.3, -0.25) is 9.78 Å². The molecule has 2 atom stereocenters. The van der Waals surface area contributed by atoms with Gasteiger partial charge in [-0.1, -0.05) is 6.07 Å². The number of hydrogen-bond donors (Lipinski definition) is 2.